The molecule has 0 saturated heterocycles. The summed E-state index contributed by atoms with van der Waals surface area (Å²) in [6.45, 7) is 7.13. The molecule has 1 rings (SSSR count). The molecule has 1 fully saturated rings. The van der Waals surface area contributed by atoms with Crippen molar-refractivity contribution in [1.29, 1.82) is 0 Å². The van der Waals surface area contributed by atoms with Gasteiger partial charge in [0.2, 0.25) is 0 Å². The van der Waals surface area contributed by atoms with Crippen molar-refractivity contribution in [2.45, 2.75) is 46.5 Å². The van der Waals surface area contributed by atoms with Crippen LogP contribution in [0.5, 0.6) is 0 Å². The molecule has 10 heavy (non-hydrogen) atoms. The van der Waals surface area contributed by atoms with E-state index in [0.29, 0.717) is 5.41 Å². The number of hydrogen-bond donors (Lipinski definition) is 0. The van der Waals surface area contributed by atoms with E-state index in [1.165, 1.54) is 25.7 Å². The minimum atomic E-state index is 0.566. The zero-order chi connectivity index (χ0) is 7.61. The third kappa shape index (κ3) is 1.74. The summed E-state index contributed by atoms with van der Waals surface area (Å²) in [5.41, 5.74) is 0.566. The Kier molecular flexibility index (Phi) is 2.38. The van der Waals surface area contributed by atoms with Gasteiger partial charge in [0, 0.05) is 0 Å². The molecule has 1 saturated carbocycles. The first-order valence-corrected chi connectivity index (χ1v) is 4.46. The molecule has 59 valence electrons. The first-order chi connectivity index (χ1) is 4.63. The van der Waals surface area contributed by atoms with Gasteiger partial charge in [-0.05, 0) is 30.6 Å². The van der Waals surface area contributed by atoms with Crippen LogP contribution in [0.25, 0.3) is 0 Å². The fourth-order valence-electron chi connectivity index (χ4n) is 1.64. The molecular formula is C10H19. The van der Waals surface area contributed by atoms with Gasteiger partial charge in [0.1, 0.15) is 0 Å². The highest BCUT2D eigenvalue weighted by atomic mass is 14.3. The molecule has 0 spiro atoms. The molecule has 0 bridgehead atoms. The summed E-state index contributed by atoms with van der Waals surface area (Å²) in [4.78, 5) is 0. The van der Waals surface area contributed by atoms with E-state index < -0.39 is 0 Å². The van der Waals surface area contributed by atoms with Gasteiger partial charge in [0.05, 0.1) is 0 Å². The van der Waals surface area contributed by atoms with Gasteiger partial charge in [0.15, 0.2) is 0 Å². The summed E-state index contributed by atoms with van der Waals surface area (Å²) in [5.74, 6) is 0.815. The topological polar surface area (TPSA) is 0 Å². The molecule has 0 N–H and O–H groups in total. The van der Waals surface area contributed by atoms with Gasteiger partial charge in [-0.25, -0.2) is 0 Å². The second kappa shape index (κ2) is 2.94. The standard InChI is InChI=1S/C10H19/c1-9-7-5-4-6-8-10(9,2)3/h7,9H,4-6,8H2,1-3H3. The zero-order valence-electron chi connectivity index (χ0n) is 7.48. The molecule has 0 heteroatoms. The Balaban J connectivity index is 2.52. The Bertz CT molecular complexity index is 103. The number of rotatable bonds is 0. The normalized spacial score (nSPS) is 33.3. The van der Waals surface area contributed by atoms with Gasteiger partial charge in [-0.2, -0.15) is 0 Å². The monoisotopic (exact) mass is 139 g/mol. The third-order valence-corrected chi connectivity index (χ3v) is 3.03. The molecule has 0 aromatic rings. The van der Waals surface area contributed by atoms with Crippen molar-refractivity contribution in [2.75, 3.05) is 0 Å². The highest BCUT2D eigenvalue weighted by molar-refractivity contribution is 4.87. The van der Waals surface area contributed by atoms with E-state index in [0.717, 1.165) is 5.92 Å². The van der Waals surface area contributed by atoms with E-state index in [2.05, 4.69) is 27.2 Å². The van der Waals surface area contributed by atoms with Gasteiger partial charge >= 0.3 is 0 Å². The molecule has 0 aromatic heterocycles. The molecular weight excluding hydrogens is 120 g/mol. The van der Waals surface area contributed by atoms with Crippen molar-refractivity contribution in [3.8, 4) is 0 Å². The van der Waals surface area contributed by atoms with Gasteiger partial charge in [0.25, 0.3) is 0 Å². The largest absolute Gasteiger partial charge is 0.0617 e. The van der Waals surface area contributed by atoms with Gasteiger partial charge in [-0.1, -0.05) is 33.6 Å². The predicted octanol–water partition coefficient (Wildman–Crippen LogP) is 3.43. The van der Waals surface area contributed by atoms with E-state index in [4.69, 9.17) is 0 Å². The smallest absolute Gasteiger partial charge is 0.0326 e. The van der Waals surface area contributed by atoms with Crippen LogP contribution in [0.3, 0.4) is 0 Å². The minimum Gasteiger partial charge on any atom is -0.0617 e. The van der Waals surface area contributed by atoms with E-state index in [-0.39, 0.29) is 0 Å². The molecule has 1 atom stereocenters. The summed E-state index contributed by atoms with van der Waals surface area (Å²) in [5, 5.41) is 0. The average Bonchev–Trinajstić information content (AvgIpc) is 1.96. The van der Waals surface area contributed by atoms with Gasteiger partial charge < -0.3 is 0 Å². The molecule has 1 unspecified atom stereocenters. The molecule has 1 aliphatic rings. The van der Waals surface area contributed by atoms with Gasteiger partial charge in [-0.3, -0.25) is 0 Å². The number of hydrogen-bond acceptors (Lipinski definition) is 0. The molecule has 1 radical (unpaired) electrons. The summed E-state index contributed by atoms with van der Waals surface area (Å²) in [6, 6.07) is 0. The molecule has 0 amide bonds. The third-order valence-electron chi connectivity index (χ3n) is 3.03. The highest BCUT2D eigenvalue weighted by Crippen LogP contribution is 2.37. The van der Waals surface area contributed by atoms with Crippen molar-refractivity contribution >= 4 is 0 Å². The molecule has 0 aromatic carbocycles. The summed E-state index contributed by atoms with van der Waals surface area (Å²) >= 11 is 0. The van der Waals surface area contributed by atoms with Crippen LogP contribution in [-0.4, -0.2) is 0 Å². The van der Waals surface area contributed by atoms with Crippen molar-refractivity contribution in [1.82, 2.24) is 0 Å². The Morgan fingerprint density at radius 1 is 1.30 bits per heavy atom. The van der Waals surface area contributed by atoms with Crippen molar-refractivity contribution in [3.05, 3.63) is 6.42 Å². The van der Waals surface area contributed by atoms with Crippen molar-refractivity contribution < 1.29 is 0 Å². The maximum Gasteiger partial charge on any atom is -0.0326 e. The maximum atomic E-state index is 2.49. The molecule has 0 aliphatic heterocycles. The van der Waals surface area contributed by atoms with E-state index in [9.17, 15) is 0 Å². The lowest BCUT2D eigenvalue weighted by Crippen LogP contribution is -2.19. The summed E-state index contributed by atoms with van der Waals surface area (Å²) < 4.78 is 0. The Morgan fingerprint density at radius 2 is 2.00 bits per heavy atom. The lowest BCUT2D eigenvalue weighted by Gasteiger charge is -2.29. The fraction of sp³-hybridized carbons (Fsp3) is 0.900. The molecule has 1 aliphatic carbocycles. The Labute approximate surface area is 65.0 Å². The van der Waals surface area contributed by atoms with Crippen LogP contribution in [0.2, 0.25) is 0 Å². The Hall–Kier alpha value is 0. The quantitative estimate of drug-likeness (QED) is 0.451. The van der Waals surface area contributed by atoms with Crippen LogP contribution in [0.15, 0.2) is 0 Å². The first-order valence-electron chi connectivity index (χ1n) is 4.46. The van der Waals surface area contributed by atoms with Crippen LogP contribution < -0.4 is 0 Å². The van der Waals surface area contributed by atoms with Crippen LogP contribution in [0.4, 0.5) is 0 Å². The van der Waals surface area contributed by atoms with E-state index in [1.54, 1.807) is 0 Å². The molecule has 0 nitrogen and oxygen atoms in total. The van der Waals surface area contributed by atoms with Crippen LogP contribution in [-0.2, 0) is 0 Å². The maximum absolute atomic E-state index is 2.49. The van der Waals surface area contributed by atoms with Crippen molar-refractivity contribution in [2.24, 2.45) is 11.3 Å². The second-order valence-electron chi connectivity index (χ2n) is 4.26. The van der Waals surface area contributed by atoms with Gasteiger partial charge in [-0.15, -0.1) is 0 Å². The highest BCUT2D eigenvalue weighted by Gasteiger charge is 2.26. The van der Waals surface area contributed by atoms with Crippen LogP contribution >= 0.6 is 0 Å². The fourth-order valence-corrected chi connectivity index (χ4v) is 1.64. The minimum absolute atomic E-state index is 0.566. The van der Waals surface area contributed by atoms with E-state index >= 15 is 0 Å². The lowest BCUT2D eigenvalue weighted by molar-refractivity contribution is 0.247. The molecule has 0 heterocycles. The SMILES string of the molecule is CC1[CH]CCCCC1(C)C. The predicted molar refractivity (Wildman–Crippen MR) is 45.7 cm³/mol. The van der Waals surface area contributed by atoms with Crippen LogP contribution in [0.1, 0.15) is 46.5 Å². The second-order valence-corrected chi connectivity index (χ2v) is 4.26. The van der Waals surface area contributed by atoms with E-state index in [1.807, 2.05) is 0 Å². The Morgan fingerprint density at radius 3 is 2.70 bits per heavy atom. The average molecular weight is 139 g/mol. The first kappa shape index (κ1) is 8.10. The lowest BCUT2D eigenvalue weighted by atomic mass is 9.76. The summed E-state index contributed by atoms with van der Waals surface area (Å²) in [7, 11) is 0. The van der Waals surface area contributed by atoms with Crippen molar-refractivity contribution in [3.63, 3.8) is 0 Å². The zero-order valence-corrected chi connectivity index (χ0v) is 7.48. The van der Waals surface area contributed by atoms with Crippen LogP contribution in [0, 0.1) is 17.8 Å². The summed E-state index contributed by atoms with van der Waals surface area (Å²) in [6.07, 6.45) is 8.07.